The number of aryl methyl sites for hydroxylation is 1. The van der Waals surface area contributed by atoms with Gasteiger partial charge in [-0.1, -0.05) is 0 Å². The Hall–Kier alpha value is -1.68. The van der Waals surface area contributed by atoms with E-state index in [1.807, 2.05) is 32.0 Å². The third kappa shape index (κ3) is 3.90. The van der Waals surface area contributed by atoms with Crippen LogP contribution in [0.3, 0.4) is 0 Å². The van der Waals surface area contributed by atoms with Gasteiger partial charge in [0.05, 0.1) is 18.9 Å². The maximum absolute atomic E-state index is 5.65. The van der Waals surface area contributed by atoms with Gasteiger partial charge in [-0.25, -0.2) is 0 Å². The molecular formula is C16H21NO2S. The molecule has 1 heterocycles. The molecule has 1 N–H and O–H groups in total. The first kappa shape index (κ1) is 14.7. The minimum absolute atomic E-state index is 0.654. The molecule has 0 aliphatic heterocycles. The summed E-state index contributed by atoms with van der Waals surface area (Å²) >= 11 is 1.81. The molecule has 0 saturated carbocycles. The van der Waals surface area contributed by atoms with Gasteiger partial charge >= 0.3 is 0 Å². The van der Waals surface area contributed by atoms with Crippen molar-refractivity contribution in [3.63, 3.8) is 0 Å². The molecule has 2 rings (SSSR count). The van der Waals surface area contributed by atoms with Crippen molar-refractivity contribution in [1.29, 1.82) is 0 Å². The Morgan fingerprint density at radius 3 is 2.50 bits per heavy atom. The van der Waals surface area contributed by atoms with Crippen LogP contribution in [0.4, 0.5) is 5.69 Å². The SMILES string of the molecule is CCOc1ccc(OCC)c(NCc2ccc(C)s2)c1. The van der Waals surface area contributed by atoms with Gasteiger partial charge in [0.15, 0.2) is 0 Å². The molecule has 0 unspecified atom stereocenters. The smallest absolute Gasteiger partial charge is 0.142 e. The molecule has 0 radical (unpaired) electrons. The van der Waals surface area contributed by atoms with E-state index < -0.39 is 0 Å². The van der Waals surface area contributed by atoms with Crippen molar-refractivity contribution in [3.8, 4) is 11.5 Å². The molecule has 2 aromatic rings. The number of rotatable bonds is 7. The Morgan fingerprint density at radius 2 is 1.85 bits per heavy atom. The standard InChI is InChI=1S/C16H21NO2S/c1-4-18-13-7-9-16(19-5-2)15(10-13)17-11-14-8-6-12(3)20-14/h6-10,17H,4-5,11H2,1-3H3. The maximum Gasteiger partial charge on any atom is 0.142 e. The van der Waals surface area contributed by atoms with E-state index in [4.69, 9.17) is 9.47 Å². The van der Waals surface area contributed by atoms with Crippen molar-refractivity contribution in [2.24, 2.45) is 0 Å². The fourth-order valence-electron chi connectivity index (χ4n) is 1.95. The Morgan fingerprint density at radius 1 is 1.05 bits per heavy atom. The lowest BCUT2D eigenvalue weighted by molar-refractivity contribution is 0.332. The van der Waals surface area contributed by atoms with Gasteiger partial charge in [-0.2, -0.15) is 0 Å². The molecule has 1 aromatic heterocycles. The summed E-state index contributed by atoms with van der Waals surface area (Å²) in [6.07, 6.45) is 0. The van der Waals surface area contributed by atoms with Crippen molar-refractivity contribution in [2.75, 3.05) is 18.5 Å². The number of anilines is 1. The highest BCUT2D eigenvalue weighted by Gasteiger charge is 2.06. The Balaban J connectivity index is 2.11. The highest BCUT2D eigenvalue weighted by Crippen LogP contribution is 2.30. The second kappa shape index (κ2) is 7.20. The quantitative estimate of drug-likeness (QED) is 0.816. The summed E-state index contributed by atoms with van der Waals surface area (Å²) in [5.74, 6) is 1.73. The summed E-state index contributed by atoms with van der Waals surface area (Å²) in [6.45, 7) is 8.21. The van der Waals surface area contributed by atoms with Crippen LogP contribution in [-0.2, 0) is 6.54 Å². The fraction of sp³-hybridized carbons (Fsp3) is 0.375. The summed E-state index contributed by atoms with van der Waals surface area (Å²) in [7, 11) is 0. The molecule has 3 nitrogen and oxygen atoms in total. The minimum atomic E-state index is 0.654. The third-order valence-electron chi connectivity index (χ3n) is 2.81. The van der Waals surface area contributed by atoms with Gasteiger partial charge in [0, 0.05) is 22.4 Å². The average molecular weight is 291 g/mol. The molecule has 20 heavy (non-hydrogen) atoms. The topological polar surface area (TPSA) is 30.5 Å². The first-order valence-electron chi connectivity index (χ1n) is 6.91. The summed E-state index contributed by atoms with van der Waals surface area (Å²) in [5, 5.41) is 3.43. The summed E-state index contributed by atoms with van der Waals surface area (Å²) in [4.78, 5) is 2.64. The molecule has 0 fully saturated rings. The molecule has 0 saturated heterocycles. The fourth-order valence-corrected chi connectivity index (χ4v) is 2.78. The summed E-state index contributed by atoms with van der Waals surface area (Å²) in [6, 6.07) is 10.2. The van der Waals surface area contributed by atoms with Gasteiger partial charge in [-0.05, 0) is 45.0 Å². The molecule has 108 valence electrons. The number of benzene rings is 1. The predicted octanol–water partition coefficient (Wildman–Crippen LogP) is 4.47. The molecular weight excluding hydrogens is 270 g/mol. The van der Waals surface area contributed by atoms with E-state index in [9.17, 15) is 0 Å². The molecule has 0 aliphatic rings. The molecule has 0 aliphatic carbocycles. The first-order valence-corrected chi connectivity index (χ1v) is 7.73. The van der Waals surface area contributed by atoms with Crippen LogP contribution in [0.2, 0.25) is 0 Å². The molecule has 0 atom stereocenters. The average Bonchev–Trinajstić information content (AvgIpc) is 2.85. The largest absolute Gasteiger partial charge is 0.494 e. The van der Waals surface area contributed by atoms with E-state index in [0.29, 0.717) is 13.2 Å². The monoisotopic (exact) mass is 291 g/mol. The number of nitrogens with one attached hydrogen (secondary N) is 1. The van der Waals surface area contributed by atoms with Gasteiger partial charge in [0.2, 0.25) is 0 Å². The van der Waals surface area contributed by atoms with Crippen molar-refractivity contribution in [3.05, 3.63) is 40.1 Å². The van der Waals surface area contributed by atoms with Crippen molar-refractivity contribution in [1.82, 2.24) is 0 Å². The van der Waals surface area contributed by atoms with E-state index in [-0.39, 0.29) is 0 Å². The van der Waals surface area contributed by atoms with Crippen molar-refractivity contribution in [2.45, 2.75) is 27.3 Å². The van der Waals surface area contributed by atoms with Gasteiger partial charge in [0.25, 0.3) is 0 Å². The van der Waals surface area contributed by atoms with Gasteiger partial charge in [-0.15, -0.1) is 11.3 Å². The third-order valence-corrected chi connectivity index (χ3v) is 3.81. The van der Waals surface area contributed by atoms with Crippen LogP contribution in [0.15, 0.2) is 30.3 Å². The summed E-state index contributed by atoms with van der Waals surface area (Å²) in [5.41, 5.74) is 0.976. The van der Waals surface area contributed by atoms with Crippen LogP contribution < -0.4 is 14.8 Å². The van der Waals surface area contributed by atoms with Crippen LogP contribution in [0, 0.1) is 6.92 Å². The molecule has 0 bridgehead atoms. The van der Waals surface area contributed by atoms with Crippen LogP contribution in [0.25, 0.3) is 0 Å². The Bertz CT molecular complexity index is 551. The first-order chi connectivity index (χ1) is 9.72. The van der Waals surface area contributed by atoms with Gasteiger partial charge < -0.3 is 14.8 Å². The number of hydrogen-bond donors (Lipinski definition) is 1. The molecule has 0 amide bonds. The lowest BCUT2D eigenvalue weighted by Crippen LogP contribution is -2.02. The number of hydrogen-bond acceptors (Lipinski definition) is 4. The zero-order valence-corrected chi connectivity index (χ0v) is 13.0. The predicted molar refractivity (Wildman–Crippen MR) is 85.2 cm³/mol. The second-order valence-electron chi connectivity index (χ2n) is 4.39. The van der Waals surface area contributed by atoms with Crippen LogP contribution in [0.5, 0.6) is 11.5 Å². The van der Waals surface area contributed by atoms with E-state index in [1.165, 1.54) is 9.75 Å². The summed E-state index contributed by atoms with van der Waals surface area (Å²) < 4.78 is 11.2. The van der Waals surface area contributed by atoms with Crippen molar-refractivity contribution >= 4 is 17.0 Å². The van der Waals surface area contributed by atoms with Crippen LogP contribution >= 0.6 is 11.3 Å². The van der Waals surface area contributed by atoms with E-state index in [0.717, 1.165) is 23.7 Å². The number of thiophene rings is 1. The lowest BCUT2D eigenvalue weighted by Gasteiger charge is -2.13. The van der Waals surface area contributed by atoms with Crippen LogP contribution in [-0.4, -0.2) is 13.2 Å². The highest BCUT2D eigenvalue weighted by atomic mass is 32.1. The Labute approximate surface area is 124 Å². The molecule has 1 aromatic carbocycles. The van der Waals surface area contributed by atoms with Gasteiger partial charge in [0.1, 0.15) is 11.5 Å². The lowest BCUT2D eigenvalue weighted by atomic mass is 10.2. The minimum Gasteiger partial charge on any atom is -0.494 e. The zero-order valence-electron chi connectivity index (χ0n) is 12.2. The molecule has 0 spiro atoms. The highest BCUT2D eigenvalue weighted by molar-refractivity contribution is 7.11. The van der Waals surface area contributed by atoms with E-state index in [1.54, 1.807) is 11.3 Å². The maximum atomic E-state index is 5.65. The van der Waals surface area contributed by atoms with E-state index >= 15 is 0 Å². The normalized spacial score (nSPS) is 10.3. The Kier molecular flexibility index (Phi) is 5.30. The second-order valence-corrected chi connectivity index (χ2v) is 5.76. The van der Waals surface area contributed by atoms with Crippen molar-refractivity contribution < 1.29 is 9.47 Å². The van der Waals surface area contributed by atoms with Crippen LogP contribution in [0.1, 0.15) is 23.6 Å². The molecule has 4 heteroatoms. The zero-order chi connectivity index (χ0) is 14.4. The van der Waals surface area contributed by atoms with Gasteiger partial charge in [-0.3, -0.25) is 0 Å². The van der Waals surface area contributed by atoms with E-state index in [2.05, 4.69) is 24.4 Å². The number of ether oxygens (including phenoxy) is 2.